The summed E-state index contributed by atoms with van der Waals surface area (Å²) < 4.78 is 1.70. The van der Waals surface area contributed by atoms with Crippen LogP contribution >= 0.6 is 23.1 Å². The van der Waals surface area contributed by atoms with Crippen LogP contribution in [0.4, 0.5) is 5.69 Å². The summed E-state index contributed by atoms with van der Waals surface area (Å²) >= 11 is 2.95. The highest BCUT2D eigenvalue weighted by molar-refractivity contribution is 7.99. The molecule has 2 heterocycles. The number of hydrogen-bond acceptors (Lipinski definition) is 7. The molecule has 33 heavy (non-hydrogen) atoms. The summed E-state index contributed by atoms with van der Waals surface area (Å²) in [5.41, 5.74) is 1.87. The second-order valence-corrected chi connectivity index (χ2v) is 9.04. The molecule has 4 rings (SSSR count). The second-order valence-electron chi connectivity index (χ2n) is 7.06. The van der Waals surface area contributed by atoms with Crippen molar-refractivity contribution in [3.63, 3.8) is 0 Å². The summed E-state index contributed by atoms with van der Waals surface area (Å²) in [6.45, 7) is 1.05. The Labute approximate surface area is 199 Å². The number of nitrogens with zero attached hydrogens (tertiary/aromatic N) is 4. The topological polar surface area (TPSA) is 102 Å². The number of nitrogens with one attached hydrogen (secondary N) is 2. The molecule has 0 saturated heterocycles. The minimum atomic E-state index is -0.250. The van der Waals surface area contributed by atoms with E-state index in [2.05, 4.69) is 32.2 Å². The number of thiophene rings is 1. The van der Waals surface area contributed by atoms with Crippen LogP contribution in [-0.2, 0) is 24.3 Å². The molecule has 4 aromatic rings. The molecule has 0 spiro atoms. The third kappa shape index (κ3) is 6.50. The number of thioether (sulfide) groups is 1. The van der Waals surface area contributed by atoms with E-state index < -0.39 is 0 Å². The summed E-state index contributed by atoms with van der Waals surface area (Å²) in [6.07, 6.45) is 0.827. The Morgan fingerprint density at radius 2 is 1.82 bits per heavy atom. The number of benzene rings is 2. The first-order valence-corrected chi connectivity index (χ1v) is 12.2. The Bertz CT molecular complexity index is 1190. The van der Waals surface area contributed by atoms with Crippen molar-refractivity contribution in [2.75, 3.05) is 11.1 Å². The third-order valence-corrected chi connectivity index (χ3v) is 6.62. The Morgan fingerprint density at radius 1 is 1.00 bits per heavy atom. The van der Waals surface area contributed by atoms with Crippen molar-refractivity contribution in [1.82, 2.24) is 25.5 Å². The second kappa shape index (κ2) is 11.4. The Morgan fingerprint density at radius 3 is 2.64 bits per heavy atom. The number of amides is 2. The molecule has 0 fully saturated rings. The molecule has 0 unspecified atom stereocenters. The standard InChI is InChI=1S/C23H22N6O2S2/c30-21(16-33-23-26-27-28-29(23)13-12-18-9-6-14-32-18)25-20-11-5-4-10-19(20)22(31)24-15-17-7-2-1-3-8-17/h1-11,14H,12-13,15-16H2,(H,24,31)(H,25,30). The Balaban J connectivity index is 1.31. The van der Waals surface area contributed by atoms with Gasteiger partial charge in [0.15, 0.2) is 0 Å². The van der Waals surface area contributed by atoms with Crippen molar-refractivity contribution in [3.05, 3.63) is 88.1 Å². The van der Waals surface area contributed by atoms with Gasteiger partial charge in [0, 0.05) is 17.8 Å². The first-order valence-electron chi connectivity index (χ1n) is 10.3. The molecule has 2 aromatic heterocycles. The molecule has 2 amide bonds. The number of para-hydroxylation sites is 1. The van der Waals surface area contributed by atoms with Crippen LogP contribution in [0.5, 0.6) is 0 Å². The Hall–Kier alpha value is -3.50. The number of anilines is 1. The van der Waals surface area contributed by atoms with Crippen LogP contribution in [-0.4, -0.2) is 37.8 Å². The van der Waals surface area contributed by atoms with Crippen LogP contribution in [0.2, 0.25) is 0 Å². The summed E-state index contributed by atoms with van der Waals surface area (Å²) in [6, 6.07) is 20.7. The van der Waals surface area contributed by atoms with Crippen LogP contribution in [0.1, 0.15) is 20.8 Å². The molecule has 168 valence electrons. The van der Waals surface area contributed by atoms with E-state index >= 15 is 0 Å². The molecule has 10 heteroatoms. The van der Waals surface area contributed by atoms with Crippen LogP contribution < -0.4 is 10.6 Å². The van der Waals surface area contributed by atoms with E-state index in [4.69, 9.17) is 0 Å². The lowest BCUT2D eigenvalue weighted by Crippen LogP contribution is -2.25. The summed E-state index contributed by atoms with van der Waals surface area (Å²) in [4.78, 5) is 26.5. The van der Waals surface area contributed by atoms with Crippen LogP contribution in [0, 0.1) is 0 Å². The monoisotopic (exact) mass is 478 g/mol. The average Bonchev–Trinajstić information content (AvgIpc) is 3.53. The molecule has 0 atom stereocenters. The fourth-order valence-electron chi connectivity index (χ4n) is 3.09. The number of hydrogen-bond donors (Lipinski definition) is 2. The number of carbonyl (C=O) groups excluding carboxylic acids is 2. The molecule has 0 saturated carbocycles. The zero-order valence-corrected chi connectivity index (χ0v) is 19.3. The first kappa shape index (κ1) is 22.7. The van der Waals surface area contributed by atoms with Crippen molar-refractivity contribution >= 4 is 40.6 Å². The SMILES string of the molecule is O=C(CSc1nnnn1CCc1cccs1)Nc1ccccc1C(=O)NCc1ccccc1. The van der Waals surface area contributed by atoms with E-state index in [9.17, 15) is 9.59 Å². The van der Waals surface area contributed by atoms with Crippen molar-refractivity contribution in [3.8, 4) is 0 Å². The van der Waals surface area contributed by atoms with Gasteiger partial charge in [-0.2, -0.15) is 0 Å². The highest BCUT2D eigenvalue weighted by Crippen LogP contribution is 2.19. The highest BCUT2D eigenvalue weighted by Gasteiger charge is 2.15. The minimum absolute atomic E-state index is 0.124. The van der Waals surface area contributed by atoms with Gasteiger partial charge in [-0.15, -0.1) is 16.4 Å². The number of rotatable bonds is 10. The maximum atomic E-state index is 12.7. The molecular formula is C23H22N6O2S2. The molecule has 0 aliphatic rings. The molecule has 0 aliphatic heterocycles. The van der Waals surface area contributed by atoms with Gasteiger partial charge in [-0.05, 0) is 39.6 Å². The average molecular weight is 479 g/mol. The maximum Gasteiger partial charge on any atom is 0.253 e. The molecule has 0 bridgehead atoms. The van der Waals surface area contributed by atoms with Gasteiger partial charge in [0.25, 0.3) is 5.91 Å². The first-order chi connectivity index (χ1) is 16.2. The lowest BCUT2D eigenvalue weighted by atomic mass is 10.1. The number of carbonyl (C=O) groups is 2. The van der Waals surface area contributed by atoms with Gasteiger partial charge in [-0.3, -0.25) is 9.59 Å². The zero-order chi connectivity index (χ0) is 22.9. The van der Waals surface area contributed by atoms with Gasteiger partial charge in [0.05, 0.1) is 23.5 Å². The molecule has 0 radical (unpaired) electrons. The quantitative estimate of drug-likeness (QED) is 0.338. The number of tetrazole rings is 1. The van der Waals surface area contributed by atoms with Crippen LogP contribution in [0.25, 0.3) is 0 Å². The van der Waals surface area contributed by atoms with Gasteiger partial charge in [0.2, 0.25) is 11.1 Å². The van der Waals surface area contributed by atoms with Crippen molar-refractivity contribution in [2.24, 2.45) is 0 Å². The lowest BCUT2D eigenvalue weighted by Gasteiger charge is -2.11. The van der Waals surface area contributed by atoms with E-state index in [-0.39, 0.29) is 17.6 Å². The summed E-state index contributed by atoms with van der Waals surface area (Å²) in [5, 5.41) is 20.1. The predicted molar refractivity (Wildman–Crippen MR) is 129 cm³/mol. The van der Waals surface area contributed by atoms with E-state index in [1.165, 1.54) is 16.6 Å². The van der Waals surface area contributed by atoms with Crippen LogP contribution in [0.15, 0.2) is 77.3 Å². The highest BCUT2D eigenvalue weighted by atomic mass is 32.2. The lowest BCUT2D eigenvalue weighted by molar-refractivity contribution is -0.113. The van der Waals surface area contributed by atoms with E-state index in [1.54, 1.807) is 40.3 Å². The van der Waals surface area contributed by atoms with Gasteiger partial charge >= 0.3 is 0 Å². The number of aryl methyl sites for hydroxylation is 2. The largest absolute Gasteiger partial charge is 0.348 e. The van der Waals surface area contributed by atoms with E-state index in [0.29, 0.717) is 29.5 Å². The summed E-state index contributed by atoms with van der Waals surface area (Å²) in [7, 11) is 0. The number of aromatic nitrogens is 4. The van der Waals surface area contributed by atoms with Crippen molar-refractivity contribution < 1.29 is 9.59 Å². The third-order valence-electron chi connectivity index (χ3n) is 4.72. The minimum Gasteiger partial charge on any atom is -0.348 e. The van der Waals surface area contributed by atoms with Gasteiger partial charge in [-0.25, -0.2) is 4.68 Å². The van der Waals surface area contributed by atoms with E-state index in [1.807, 2.05) is 41.8 Å². The normalized spacial score (nSPS) is 10.7. The predicted octanol–water partition coefficient (Wildman–Crippen LogP) is 3.64. The smallest absolute Gasteiger partial charge is 0.253 e. The molecule has 2 N–H and O–H groups in total. The molecule has 8 nitrogen and oxygen atoms in total. The van der Waals surface area contributed by atoms with Gasteiger partial charge < -0.3 is 10.6 Å². The van der Waals surface area contributed by atoms with Gasteiger partial charge in [-0.1, -0.05) is 60.3 Å². The van der Waals surface area contributed by atoms with E-state index in [0.717, 1.165) is 12.0 Å². The fourth-order valence-corrected chi connectivity index (χ4v) is 4.49. The van der Waals surface area contributed by atoms with Crippen molar-refractivity contribution in [2.45, 2.75) is 24.7 Å². The summed E-state index contributed by atoms with van der Waals surface area (Å²) in [5.74, 6) is -0.365. The molecule has 0 aliphatic carbocycles. The van der Waals surface area contributed by atoms with Gasteiger partial charge in [0.1, 0.15) is 0 Å². The fraction of sp³-hybridized carbons (Fsp3) is 0.174. The van der Waals surface area contributed by atoms with Crippen molar-refractivity contribution in [1.29, 1.82) is 0 Å². The zero-order valence-electron chi connectivity index (χ0n) is 17.7. The Kier molecular flexibility index (Phi) is 7.83. The molecular weight excluding hydrogens is 456 g/mol. The maximum absolute atomic E-state index is 12.7. The van der Waals surface area contributed by atoms with Crippen LogP contribution in [0.3, 0.4) is 0 Å². The molecule has 2 aromatic carbocycles.